The first kappa shape index (κ1) is 12.1. The SMILES string of the molecule is Cc1ncc(CO)c([C@@H]2NCCc3[nH]cnc32)c1O. The van der Waals surface area contributed by atoms with Crippen LogP contribution < -0.4 is 5.32 Å². The van der Waals surface area contributed by atoms with Gasteiger partial charge in [0.2, 0.25) is 0 Å². The number of aryl methyl sites for hydroxylation is 1. The molecule has 2 aromatic rings. The van der Waals surface area contributed by atoms with Gasteiger partial charge in [0.1, 0.15) is 5.75 Å². The van der Waals surface area contributed by atoms with Gasteiger partial charge in [-0.15, -0.1) is 0 Å². The number of aromatic nitrogens is 3. The summed E-state index contributed by atoms with van der Waals surface area (Å²) in [4.78, 5) is 11.5. The van der Waals surface area contributed by atoms with Crippen LogP contribution in [-0.2, 0) is 13.0 Å². The predicted octanol–water partition coefficient (Wildman–Crippen LogP) is 0.546. The summed E-state index contributed by atoms with van der Waals surface area (Å²) in [6.07, 6.45) is 4.15. The molecule has 3 heterocycles. The van der Waals surface area contributed by atoms with Crippen LogP contribution in [0.5, 0.6) is 5.75 Å². The molecule has 0 unspecified atom stereocenters. The van der Waals surface area contributed by atoms with Crippen LogP contribution in [0.4, 0.5) is 0 Å². The Labute approximate surface area is 110 Å². The second-order valence-corrected chi connectivity index (χ2v) is 4.69. The lowest BCUT2D eigenvalue weighted by atomic mass is 9.94. The highest BCUT2D eigenvalue weighted by atomic mass is 16.3. The van der Waals surface area contributed by atoms with Gasteiger partial charge >= 0.3 is 0 Å². The summed E-state index contributed by atoms with van der Waals surface area (Å²) >= 11 is 0. The lowest BCUT2D eigenvalue weighted by Crippen LogP contribution is -2.31. The summed E-state index contributed by atoms with van der Waals surface area (Å²) in [5.74, 6) is 0.125. The van der Waals surface area contributed by atoms with Gasteiger partial charge in [0.15, 0.2) is 0 Å². The molecular weight excluding hydrogens is 244 g/mol. The van der Waals surface area contributed by atoms with Crippen molar-refractivity contribution in [1.82, 2.24) is 20.3 Å². The Balaban J connectivity index is 2.16. The molecule has 6 heteroatoms. The molecule has 0 fully saturated rings. The Hall–Kier alpha value is -1.92. The Morgan fingerprint density at radius 2 is 2.26 bits per heavy atom. The van der Waals surface area contributed by atoms with Crippen molar-refractivity contribution in [2.75, 3.05) is 6.54 Å². The number of hydrogen-bond donors (Lipinski definition) is 4. The van der Waals surface area contributed by atoms with Crippen molar-refractivity contribution in [3.63, 3.8) is 0 Å². The van der Waals surface area contributed by atoms with Crippen molar-refractivity contribution in [1.29, 1.82) is 0 Å². The number of pyridine rings is 1. The quantitative estimate of drug-likeness (QED) is 0.632. The van der Waals surface area contributed by atoms with Gasteiger partial charge in [-0.3, -0.25) is 4.98 Å². The minimum Gasteiger partial charge on any atom is -0.506 e. The van der Waals surface area contributed by atoms with Crippen LogP contribution in [0.15, 0.2) is 12.5 Å². The summed E-state index contributed by atoms with van der Waals surface area (Å²) in [6, 6.07) is -0.209. The van der Waals surface area contributed by atoms with Gasteiger partial charge in [0.25, 0.3) is 0 Å². The van der Waals surface area contributed by atoms with Crippen molar-refractivity contribution < 1.29 is 10.2 Å². The summed E-state index contributed by atoms with van der Waals surface area (Å²) < 4.78 is 0. The average Bonchev–Trinajstić information content (AvgIpc) is 2.90. The molecule has 1 aliphatic rings. The highest BCUT2D eigenvalue weighted by Crippen LogP contribution is 2.35. The van der Waals surface area contributed by atoms with Crippen LogP contribution in [0.25, 0.3) is 0 Å². The van der Waals surface area contributed by atoms with Gasteiger partial charge in [-0.2, -0.15) is 0 Å². The molecule has 4 N–H and O–H groups in total. The van der Waals surface area contributed by atoms with E-state index in [0.29, 0.717) is 16.8 Å². The van der Waals surface area contributed by atoms with Gasteiger partial charge in [-0.1, -0.05) is 0 Å². The molecule has 19 heavy (non-hydrogen) atoms. The molecule has 3 rings (SSSR count). The zero-order valence-corrected chi connectivity index (χ0v) is 10.6. The van der Waals surface area contributed by atoms with E-state index in [1.165, 1.54) is 0 Å². The van der Waals surface area contributed by atoms with Crippen molar-refractivity contribution in [2.24, 2.45) is 0 Å². The van der Waals surface area contributed by atoms with Crippen LogP contribution in [0.2, 0.25) is 0 Å². The zero-order chi connectivity index (χ0) is 13.4. The lowest BCUT2D eigenvalue weighted by molar-refractivity contribution is 0.277. The molecule has 2 aromatic heterocycles. The molecule has 0 aliphatic carbocycles. The van der Waals surface area contributed by atoms with E-state index >= 15 is 0 Å². The number of aromatic hydroxyl groups is 1. The van der Waals surface area contributed by atoms with Gasteiger partial charge < -0.3 is 20.5 Å². The summed E-state index contributed by atoms with van der Waals surface area (Å²) in [5.41, 5.74) is 3.79. The summed E-state index contributed by atoms with van der Waals surface area (Å²) in [6.45, 7) is 2.38. The second kappa shape index (κ2) is 4.64. The minimum absolute atomic E-state index is 0.125. The van der Waals surface area contributed by atoms with E-state index in [1.54, 1.807) is 19.4 Å². The number of fused-ring (bicyclic) bond motifs is 1. The maximum atomic E-state index is 10.3. The third-order valence-electron chi connectivity index (χ3n) is 3.57. The number of imidazole rings is 1. The molecule has 6 nitrogen and oxygen atoms in total. The third kappa shape index (κ3) is 1.89. The van der Waals surface area contributed by atoms with Crippen molar-refractivity contribution in [3.05, 3.63) is 40.7 Å². The fourth-order valence-electron chi connectivity index (χ4n) is 2.56. The first-order chi connectivity index (χ1) is 9.22. The Bertz CT molecular complexity index is 609. The molecule has 0 spiro atoms. The number of hydrogen-bond acceptors (Lipinski definition) is 5. The predicted molar refractivity (Wildman–Crippen MR) is 68.7 cm³/mol. The van der Waals surface area contributed by atoms with E-state index in [0.717, 1.165) is 24.4 Å². The normalized spacial score (nSPS) is 18.3. The fraction of sp³-hybridized carbons (Fsp3) is 0.385. The average molecular weight is 260 g/mol. The number of aliphatic hydroxyl groups is 1. The lowest BCUT2D eigenvalue weighted by Gasteiger charge is -2.26. The summed E-state index contributed by atoms with van der Waals surface area (Å²) in [7, 11) is 0. The van der Waals surface area contributed by atoms with Crippen LogP contribution in [0, 0.1) is 6.92 Å². The minimum atomic E-state index is -0.209. The standard InChI is InChI=1S/C13H16N4O2/c1-7-13(19)10(8(5-18)4-15-7)12-11-9(2-3-14-12)16-6-17-11/h4,6,12,14,18-19H,2-3,5H2,1H3,(H,16,17)/t12-/m0/s1. The van der Waals surface area contributed by atoms with Crippen molar-refractivity contribution >= 4 is 0 Å². The monoisotopic (exact) mass is 260 g/mol. The van der Waals surface area contributed by atoms with Crippen molar-refractivity contribution in [2.45, 2.75) is 26.0 Å². The highest BCUT2D eigenvalue weighted by Gasteiger charge is 2.28. The number of nitrogens with zero attached hydrogens (tertiary/aromatic N) is 2. The molecule has 1 aliphatic heterocycles. The molecule has 0 radical (unpaired) electrons. The molecule has 0 amide bonds. The van der Waals surface area contributed by atoms with Crippen molar-refractivity contribution in [3.8, 4) is 5.75 Å². The van der Waals surface area contributed by atoms with Gasteiger partial charge in [0, 0.05) is 36.0 Å². The number of aliphatic hydroxyl groups excluding tert-OH is 1. The Morgan fingerprint density at radius 3 is 3.05 bits per heavy atom. The first-order valence-electron chi connectivity index (χ1n) is 6.26. The molecule has 0 saturated carbocycles. The highest BCUT2D eigenvalue weighted by molar-refractivity contribution is 5.47. The second-order valence-electron chi connectivity index (χ2n) is 4.69. The largest absolute Gasteiger partial charge is 0.506 e. The smallest absolute Gasteiger partial charge is 0.142 e. The molecular formula is C13H16N4O2. The van der Waals surface area contributed by atoms with Gasteiger partial charge in [0.05, 0.1) is 30.4 Å². The number of aromatic amines is 1. The number of H-pyrrole nitrogens is 1. The van der Waals surface area contributed by atoms with E-state index in [9.17, 15) is 10.2 Å². The molecule has 100 valence electrons. The molecule has 0 saturated heterocycles. The molecule has 0 aromatic carbocycles. The van der Waals surface area contributed by atoms with E-state index in [2.05, 4.69) is 20.3 Å². The van der Waals surface area contributed by atoms with Crippen LogP contribution in [0.1, 0.15) is 34.3 Å². The zero-order valence-electron chi connectivity index (χ0n) is 10.6. The van der Waals surface area contributed by atoms with E-state index < -0.39 is 0 Å². The summed E-state index contributed by atoms with van der Waals surface area (Å²) in [5, 5.41) is 23.1. The number of nitrogens with one attached hydrogen (secondary N) is 2. The third-order valence-corrected chi connectivity index (χ3v) is 3.57. The van der Waals surface area contributed by atoms with E-state index in [4.69, 9.17) is 0 Å². The van der Waals surface area contributed by atoms with E-state index in [1.807, 2.05) is 0 Å². The van der Waals surface area contributed by atoms with Gasteiger partial charge in [-0.25, -0.2) is 4.98 Å². The van der Waals surface area contributed by atoms with Crippen LogP contribution >= 0.6 is 0 Å². The van der Waals surface area contributed by atoms with E-state index in [-0.39, 0.29) is 18.4 Å². The van der Waals surface area contributed by atoms with Crippen LogP contribution in [0.3, 0.4) is 0 Å². The maximum Gasteiger partial charge on any atom is 0.142 e. The number of rotatable bonds is 2. The Morgan fingerprint density at radius 1 is 1.42 bits per heavy atom. The Kier molecular flexibility index (Phi) is 2.96. The molecule has 0 bridgehead atoms. The first-order valence-corrected chi connectivity index (χ1v) is 6.26. The van der Waals surface area contributed by atoms with Crippen LogP contribution in [-0.4, -0.2) is 31.7 Å². The topological polar surface area (TPSA) is 94.1 Å². The maximum absolute atomic E-state index is 10.3. The molecule has 1 atom stereocenters. The fourth-order valence-corrected chi connectivity index (χ4v) is 2.56. The van der Waals surface area contributed by atoms with Gasteiger partial charge in [-0.05, 0) is 6.92 Å².